The molecule has 0 saturated carbocycles. The second-order valence-corrected chi connectivity index (χ2v) is 1.85. The van der Waals surface area contributed by atoms with E-state index in [9.17, 15) is 14.4 Å². The molecule has 0 aliphatic carbocycles. The van der Waals surface area contributed by atoms with Crippen molar-refractivity contribution in [3.05, 3.63) is 0 Å². The zero-order chi connectivity index (χ0) is 8.85. The van der Waals surface area contributed by atoms with Crippen LogP contribution in [-0.2, 0) is 14.4 Å². The number of aldehydes is 1. The van der Waals surface area contributed by atoms with E-state index in [1.165, 1.54) is 0 Å². The second-order valence-electron chi connectivity index (χ2n) is 1.85. The topological polar surface area (TPSA) is 83.5 Å². The SMILES string of the molecule is CCNC(=O)C(C=O)C(=O)O. The molecule has 0 heterocycles. The predicted molar refractivity (Wildman–Crippen MR) is 35.9 cm³/mol. The Hall–Kier alpha value is -1.39. The van der Waals surface area contributed by atoms with Gasteiger partial charge >= 0.3 is 5.97 Å². The van der Waals surface area contributed by atoms with Gasteiger partial charge in [0.15, 0.2) is 5.92 Å². The van der Waals surface area contributed by atoms with Crippen molar-refractivity contribution in [1.29, 1.82) is 0 Å². The van der Waals surface area contributed by atoms with Crippen molar-refractivity contribution in [3.63, 3.8) is 0 Å². The monoisotopic (exact) mass is 159 g/mol. The van der Waals surface area contributed by atoms with Gasteiger partial charge in [-0.3, -0.25) is 9.59 Å². The molecule has 1 amide bonds. The highest BCUT2D eigenvalue weighted by atomic mass is 16.4. The highest BCUT2D eigenvalue weighted by molar-refractivity contribution is 6.09. The molecule has 0 aromatic carbocycles. The Balaban J connectivity index is 4.14. The van der Waals surface area contributed by atoms with Gasteiger partial charge in [-0.25, -0.2) is 0 Å². The Labute approximate surface area is 63.4 Å². The fourth-order valence-electron chi connectivity index (χ4n) is 0.516. The maximum absolute atomic E-state index is 10.7. The second kappa shape index (κ2) is 4.43. The Bertz CT molecular complexity index is 177. The molecule has 0 radical (unpaired) electrons. The van der Waals surface area contributed by atoms with Gasteiger partial charge in [-0.15, -0.1) is 0 Å². The summed E-state index contributed by atoms with van der Waals surface area (Å²) in [6.45, 7) is 1.96. The van der Waals surface area contributed by atoms with Crippen LogP contribution < -0.4 is 5.32 Å². The van der Waals surface area contributed by atoms with Crippen LogP contribution in [0.1, 0.15) is 6.92 Å². The van der Waals surface area contributed by atoms with Gasteiger partial charge in [0.2, 0.25) is 5.91 Å². The van der Waals surface area contributed by atoms with Crippen molar-refractivity contribution in [1.82, 2.24) is 5.32 Å². The molecular weight excluding hydrogens is 150 g/mol. The average molecular weight is 159 g/mol. The molecule has 0 saturated heterocycles. The van der Waals surface area contributed by atoms with Crippen molar-refractivity contribution in [2.45, 2.75) is 6.92 Å². The first-order chi connectivity index (χ1) is 5.13. The standard InChI is InChI=1S/C6H9NO4/c1-2-7-5(9)4(3-8)6(10)11/h3-4H,2H2,1H3,(H,7,9)(H,10,11). The smallest absolute Gasteiger partial charge is 0.323 e. The Morgan fingerprint density at radius 2 is 2.18 bits per heavy atom. The molecule has 11 heavy (non-hydrogen) atoms. The number of nitrogens with one attached hydrogen (secondary N) is 1. The molecule has 0 rings (SSSR count). The van der Waals surface area contributed by atoms with E-state index in [1.807, 2.05) is 0 Å². The Kier molecular flexibility index (Phi) is 3.87. The third kappa shape index (κ3) is 2.79. The molecule has 0 aromatic rings. The Morgan fingerprint density at radius 3 is 2.45 bits per heavy atom. The van der Waals surface area contributed by atoms with Crippen molar-refractivity contribution in [3.8, 4) is 0 Å². The molecule has 0 spiro atoms. The van der Waals surface area contributed by atoms with Crippen LogP contribution in [0.3, 0.4) is 0 Å². The van der Waals surface area contributed by atoms with E-state index in [4.69, 9.17) is 5.11 Å². The number of aliphatic carboxylic acids is 1. The van der Waals surface area contributed by atoms with E-state index < -0.39 is 17.8 Å². The molecule has 62 valence electrons. The number of hydrogen-bond donors (Lipinski definition) is 2. The van der Waals surface area contributed by atoms with Crippen LogP contribution in [0.4, 0.5) is 0 Å². The summed E-state index contributed by atoms with van der Waals surface area (Å²) >= 11 is 0. The van der Waals surface area contributed by atoms with Crippen molar-refractivity contribution in [2.24, 2.45) is 5.92 Å². The minimum atomic E-state index is -1.57. The summed E-state index contributed by atoms with van der Waals surface area (Å²) in [6, 6.07) is 0. The molecule has 5 heteroatoms. The summed E-state index contributed by atoms with van der Waals surface area (Å²) in [5.41, 5.74) is 0. The number of carbonyl (C=O) groups is 3. The predicted octanol–water partition coefficient (Wildman–Crippen LogP) is -0.978. The normalized spacial score (nSPS) is 11.7. The highest BCUT2D eigenvalue weighted by Gasteiger charge is 2.24. The number of rotatable bonds is 4. The average Bonchev–Trinajstić information content (AvgIpc) is 1.88. The van der Waals surface area contributed by atoms with Crippen LogP contribution in [0.25, 0.3) is 0 Å². The zero-order valence-electron chi connectivity index (χ0n) is 6.03. The van der Waals surface area contributed by atoms with Gasteiger partial charge in [0.1, 0.15) is 6.29 Å². The third-order valence-electron chi connectivity index (χ3n) is 1.04. The first kappa shape index (κ1) is 9.61. The van der Waals surface area contributed by atoms with E-state index in [1.54, 1.807) is 6.92 Å². The highest BCUT2D eigenvalue weighted by Crippen LogP contribution is 1.90. The number of carboxylic acid groups (broad SMARTS) is 1. The van der Waals surface area contributed by atoms with Gasteiger partial charge < -0.3 is 15.2 Å². The maximum Gasteiger partial charge on any atom is 0.323 e. The van der Waals surface area contributed by atoms with Gasteiger partial charge in [0, 0.05) is 6.54 Å². The number of carbonyl (C=O) groups excluding carboxylic acids is 2. The molecular formula is C6H9NO4. The number of hydrogen-bond acceptors (Lipinski definition) is 3. The molecule has 0 aromatic heterocycles. The van der Waals surface area contributed by atoms with E-state index in [2.05, 4.69) is 5.32 Å². The summed E-state index contributed by atoms with van der Waals surface area (Å²) in [5, 5.41) is 10.5. The summed E-state index contributed by atoms with van der Waals surface area (Å²) in [4.78, 5) is 30.9. The molecule has 1 atom stereocenters. The summed E-state index contributed by atoms with van der Waals surface area (Å²) in [7, 11) is 0. The van der Waals surface area contributed by atoms with Gasteiger partial charge in [0.25, 0.3) is 0 Å². The summed E-state index contributed by atoms with van der Waals surface area (Å²) < 4.78 is 0. The van der Waals surface area contributed by atoms with Crippen LogP contribution in [0.15, 0.2) is 0 Å². The lowest BCUT2D eigenvalue weighted by Gasteiger charge is -2.03. The van der Waals surface area contributed by atoms with Crippen LogP contribution in [0, 0.1) is 5.92 Å². The first-order valence-corrected chi connectivity index (χ1v) is 3.09. The van der Waals surface area contributed by atoms with E-state index in [0.717, 1.165) is 0 Å². The summed E-state index contributed by atoms with van der Waals surface area (Å²) in [6.07, 6.45) is 0.104. The molecule has 0 bridgehead atoms. The minimum absolute atomic E-state index is 0.104. The van der Waals surface area contributed by atoms with Gasteiger partial charge in [-0.1, -0.05) is 0 Å². The molecule has 0 aliphatic rings. The summed E-state index contributed by atoms with van der Waals surface area (Å²) in [5.74, 6) is -3.77. The molecule has 1 unspecified atom stereocenters. The van der Waals surface area contributed by atoms with E-state index in [0.29, 0.717) is 6.54 Å². The van der Waals surface area contributed by atoms with Crippen molar-refractivity contribution >= 4 is 18.2 Å². The lowest BCUT2D eigenvalue weighted by atomic mass is 10.1. The fourth-order valence-corrected chi connectivity index (χ4v) is 0.516. The van der Waals surface area contributed by atoms with Crippen LogP contribution in [0.5, 0.6) is 0 Å². The number of carboxylic acids is 1. The van der Waals surface area contributed by atoms with E-state index >= 15 is 0 Å². The molecule has 5 nitrogen and oxygen atoms in total. The van der Waals surface area contributed by atoms with E-state index in [-0.39, 0.29) is 6.29 Å². The fraction of sp³-hybridized carbons (Fsp3) is 0.500. The van der Waals surface area contributed by atoms with Gasteiger partial charge in [-0.05, 0) is 6.92 Å². The lowest BCUT2D eigenvalue weighted by molar-refractivity contribution is -0.148. The van der Waals surface area contributed by atoms with Gasteiger partial charge in [-0.2, -0.15) is 0 Å². The van der Waals surface area contributed by atoms with Crippen molar-refractivity contribution < 1.29 is 19.5 Å². The van der Waals surface area contributed by atoms with Crippen molar-refractivity contribution in [2.75, 3.05) is 6.54 Å². The lowest BCUT2D eigenvalue weighted by Crippen LogP contribution is -2.36. The van der Waals surface area contributed by atoms with Crippen LogP contribution >= 0.6 is 0 Å². The Morgan fingerprint density at radius 1 is 1.64 bits per heavy atom. The maximum atomic E-state index is 10.7. The first-order valence-electron chi connectivity index (χ1n) is 3.09. The number of amides is 1. The largest absolute Gasteiger partial charge is 0.480 e. The van der Waals surface area contributed by atoms with Gasteiger partial charge in [0.05, 0.1) is 0 Å². The van der Waals surface area contributed by atoms with Crippen LogP contribution in [-0.4, -0.2) is 29.8 Å². The molecule has 2 N–H and O–H groups in total. The molecule has 0 aliphatic heterocycles. The minimum Gasteiger partial charge on any atom is -0.480 e. The quantitative estimate of drug-likeness (QED) is 0.408. The van der Waals surface area contributed by atoms with Crippen LogP contribution in [0.2, 0.25) is 0 Å². The zero-order valence-corrected chi connectivity index (χ0v) is 6.03. The molecule has 0 fully saturated rings. The third-order valence-corrected chi connectivity index (χ3v) is 1.04.